The van der Waals surface area contributed by atoms with Gasteiger partial charge in [-0.2, -0.15) is 0 Å². The SMILES string of the molecule is CC1(N2CCN(Cc3cc(-c4ccccn4)no3)C(=O)C2=O)CC1. The number of carbonyl (C=O) groups is 2. The topological polar surface area (TPSA) is 79.5 Å². The van der Waals surface area contributed by atoms with Crippen molar-refractivity contribution >= 4 is 11.8 Å². The summed E-state index contributed by atoms with van der Waals surface area (Å²) in [6.45, 7) is 3.36. The van der Waals surface area contributed by atoms with E-state index in [-0.39, 0.29) is 12.1 Å². The lowest BCUT2D eigenvalue weighted by Crippen LogP contribution is -2.57. The number of nitrogens with zero attached hydrogens (tertiary/aromatic N) is 4. The van der Waals surface area contributed by atoms with Gasteiger partial charge in [0, 0.05) is 30.9 Å². The van der Waals surface area contributed by atoms with Gasteiger partial charge in [-0.1, -0.05) is 11.2 Å². The average Bonchev–Trinajstić information content (AvgIpc) is 3.17. The van der Waals surface area contributed by atoms with Gasteiger partial charge < -0.3 is 14.3 Å². The van der Waals surface area contributed by atoms with Crippen LogP contribution in [0.25, 0.3) is 11.4 Å². The highest BCUT2D eigenvalue weighted by Gasteiger charge is 2.49. The number of amides is 2. The zero-order valence-corrected chi connectivity index (χ0v) is 13.4. The molecule has 1 saturated carbocycles. The first-order valence-corrected chi connectivity index (χ1v) is 8.05. The highest BCUT2D eigenvalue weighted by atomic mass is 16.5. The second-order valence-corrected chi connectivity index (χ2v) is 6.57. The predicted molar refractivity (Wildman–Crippen MR) is 84.5 cm³/mol. The minimum Gasteiger partial charge on any atom is -0.359 e. The lowest BCUT2D eigenvalue weighted by atomic mass is 10.2. The summed E-state index contributed by atoms with van der Waals surface area (Å²) in [5.74, 6) is -0.334. The van der Waals surface area contributed by atoms with Gasteiger partial charge in [0.05, 0.1) is 12.2 Å². The Balaban J connectivity index is 1.46. The van der Waals surface area contributed by atoms with E-state index in [0.717, 1.165) is 12.8 Å². The third-order valence-corrected chi connectivity index (χ3v) is 4.77. The van der Waals surface area contributed by atoms with Gasteiger partial charge in [0.2, 0.25) is 0 Å². The average molecular weight is 326 g/mol. The molecule has 7 nitrogen and oxygen atoms in total. The molecule has 1 saturated heterocycles. The van der Waals surface area contributed by atoms with Crippen LogP contribution in [0.3, 0.4) is 0 Å². The van der Waals surface area contributed by atoms with E-state index in [2.05, 4.69) is 10.1 Å². The fourth-order valence-electron chi connectivity index (χ4n) is 3.00. The molecule has 1 aliphatic carbocycles. The molecule has 124 valence electrons. The Morgan fingerprint density at radius 1 is 1.17 bits per heavy atom. The normalized spacial score (nSPS) is 19.7. The van der Waals surface area contributed by atoms with E-state index in [1.54, 1.807) is 17.2 Å². The number of pyridine rings is 1. The van der Waals surface area contributed by atoms with Gasteiger partial charge in [-0.05, 0) is 31.9 Å². The van der Waals surface area contributed by atoms with Crippen molar-refractivity contribution in [3.05, 3.63) is 36.2 Å². The van der Waals surface area contributed by atoms with Crippen molar-refractivity contribution < 1.29 is 14.1 Å². The Labute approximate surface area is 139 Å². The van der Waals surface area contributed by atoms with Crippen LogP contribution in [-0.2, 0) is 16.1 Å². The highest BCUT2D eigenvalue weighted by Crippen LogP contribution is 2.41. The summed E-state index contributed by atoms with van der Waals surface area (Å²) in [5, 5.41) is 3.99. The predicted octanol–water partition coefficient (Wildman–Crippen LogP) is 1.46. The molecule has 1 aliphatic heterocycles. The summed E-state index contributed by atoms with van der Waals surface area (Å²) in [4.78, 5) is 32.1. The van der Waals surface area contributed by atoms with Crippen LogP contribution in [0.15, 0.2) is 35.0 Å². The fraction of sp³-hybridized carbons (Fsp3) is 0.412. The Bertz CT molecular complexity index is 782. The molecule has 2 aromatic heterocycles. The number of hydrogen-bond donors (Lipinski definition) is 0. The van der Waals surface area contributed by atoms with E-state index < -0.39 is 11.8 Å². The Hall–Kier alpha value is -2.70. The molecule has 0 radical (unpaired) electrons. The maximum atomic E-state index is 12.4. The van der Waals surface area contributed by atoms with Gasteiger partial charge in [-0.25, -0.2) is 0 Å². The number of piperazine rings is 1. The molecular formula is C17H18N4O3. The first-order chi connectivity index (χ1) is 11.6. The zero-order valence-electron chi connectivity index (χ0n) is 13.4. The van der Waals surface area contributed by atoms with Crippen LogP contribution in [0.5, 0.6) is 0 Å². The smallest absolute Gasteiger partial charge is 0.312 e. The molecule has 0 spiro atoms. The zero-order chi connectivity index (χ0) is 16.7. The molecule has 4 rings (SSSR count). The number of hydrogen-bond acceptors (Lipinski definition) is 5. The number of aromatic nitrogens is 2. The molecule has 2 aromatic rings. The van der Waals surface area contributed by atoms with Gasteiger partial charge in [-0.3, -0.25) is 14.6 Å². The van der Waals surface area contributed by atoms with Crippen molar-refractivity contribution in [2.24, 2.45) is 0 Å². The second kappa shape index (κ2) is 5.43. The van der Waals surface area contributed by atoms with E-state index in [0.29, 0.717) is 30.2 Å². The van der Waals surface area contributed by atoms with Crippen LogP contribution in [0.1, 0.15) is 25.5 Å². The lowest BCUT2D eigenvalue weighted by Gasteiger charge is -2.37. The standard InChI is InChI=1S/C17H18N4O3/c1-17(5-6-17)21-9-8-20(15(22)16(21)23)11-12-10-14(19-24-12)13-4-2-3-7-18-13/h2-4,7,10H,5-6,8-9,11H2,1H3. The van der Waals surface area contributed by atoms with E-state index in [4.69, 9.17) is 4.52 Å². The molecule has 2 amide bonds. The third-order valence-electron chi connectivity index (χ3n) is 4.77. The van der Waals surface area contributed by atoms with Crippen molar-refractivity contribution in [2.45, 2.75) is 31.8 Å². The second-order valence-electron chi connectivity index (χ2n) is 6.57. The van der Waals surface area contributed by atoms with Crippen molar-refractivity contribution in [2.75, 3.05) is 13.1 Å². The van der Waals surface area contributed by atoms with Gasteiger partial charge in [-0.15, -0.1) is 0 Å². The van der Waals surface area contributed by atoms with E-state index >= 15 is 0 Å². The Morgan fingerprint density at radius 2 is 2.00 bits per heavy atom. The molecule has 7 heteroatoms. The largest absolute Gasteiger partial charge is 0.359 e. The molecule has 0 aromatic carbocycles. The molecule has 0 N–H and O–H groups in total. The van der Waals surface area contributed by atoms with Crippen LogP contribution in [0, 0.1) is 0 Å². The quantitative estimate of drug-likeness (QED) is 0.795. The van der Waals surface area contributed by atoms with E-state index in [1.165, 1.54) is 4.90 Å². The van der Waals surface area contributed by atoms with E-state index in [1.807, 2.05) is 25.1 Å². The fourth-order valence-corrected chi connectivity index (χ4v) is 3.00. The van der Waals surface area contributed by atoms with Crippen LogP contribution < -0.4 is 0 Å². The van der Waals surface area contributed by atoms with E-state index in [9.17, 15) is 9.59 Å². The minimum atomic E-state index is -0.467. The first kappa shape index (κ1) is 14.9. The summed E-state index contributed by atoms with van der Waals surface area (Å²) < 4.78 is 5.30. The first-order valence-electron chi connectivity index (χ1n) is 8.05. The van der Waals surface area contributed by atoms with Gasteiger partial charge in [0.25, 0.3) is 0 Å². The summed E-state index contributed by atoms with van der Waals surface area (Å²) in [5.41, 5.74) is 1.21. The summed E-state index contributed by atoms with van der Waals surface area (Å²) in [6, 6.07) is 7.30. The maximum Gasteiger partial charge on any atom is 0.312 e. The molecule has 2 aliphatic rings. The molecule has 0 bridgehead atoms. The monoisotopic (exact) mass is 326 g/mol. The molecular weight excluding hydrogens is 308 g/mol. The van der Waals surface area contributed by atoms with Crippen LogP contribution in [-0.4, -0.2) is 50.4 Å². The van der Waals surface area contributed by atoms with Crippen molar-refractivity contribution in [1.82, 2.24) is 19.9 Å². The van der Waals surface area contributed by atoms with Crippen LogP contribution >= 0.6 is 0 Å². The Kier molecular flexibility index (Phi) is 3.37. The molecule has 0 unspecified atom stereocenters. The number of carbonyl (C=O) groups excluding carboxylic acids is 2. The van der Waals surface area contributed by atoms with Crippen molar-refractivity contribution in [3.8, 4) is 11.4 Å². The van der Waals surface area contributed by atoms with Crippen LogP contribution in [0.4, 0.5) is 0 Å². The van der Waals surface area contributed by atoms with Gasteiger partial charge >= 0.3 is 11.8 Å². The lowest BCUT2D eigenvalue weighted by molar-refractivity contribution is -0.158. The molecule has 24 heavy (non-hydrogen) atoms. The number of rotatable bonds is 4. The molecule has 0 atom stereocenters. The third kappa shape index (κ3) is 2.55. The summed E-state index contributed by atoms with van der Waals surface area (Å²) >= 11 is 0. The van der Waals surface area contributed by atoms with Crippen LogP contribution in [0.2, 0.25) is 0 Å². The van der Waals surface area contributed by atoms with Gasteiger partial charge in [0.15, 0.2) is 5.76 Å². The van der Waals surface area contributed by atoms with Crippen molar-refractivity contribution in [1.29, 1.82) is 0 Å². The van der Waals surface area contributed by atoms with Crippen molar-refractivity contribution in [3.63, 3.8) is 0 Å². The Morgan fingerprint density at radius 3 is 2.71 bits per heavy atom. The maximum absolute atomic E-state index is 12.4. The molecule has 2 fully saturated rings. The minimum absolute atomic E-state index is 0.114. The molecule has 3 heterocycles. The summed E-state index contributed by atoms with van der Waals surface area (Å²) in [7, 11) is 0. The van der Waals surface area contributed by atoms with Gasteiger partial charge in [0.1, 0.15) is 5.69 Å². The highest BCUT2D eigenvalue weighted by molar-refractivity contribution is 6.35. The summed E-state index contributed by atoms with van der Waals surface area (Å²) in [6.07, 6.45) is 3.63.